The van der Waals surface area contributed by atoms with E-state index < -0.39 is 20.3 Å². The fourth-order valence-electron chi connectivity index (χ4n) is 3.83. The number of esters is 2. The topological polar surface area (TPSA) is 70.4 Å². The zero-order chi connectivity index (χ0) is 26.1. The highest BCUT2D eigenvalue weighted by molar-refractivity contribution is 6.74. The van der Waals surface area contributed by atoms with Gasteiger partial charge < -0.3 is 13.7 Å². The maximum Gasteiger partial charge on any atom is 0.347 e. The molecule has 1 aliphatic rings. The van der Waals surface area contributed by atoms with Crippen molar-refractivity contribution < 1.29 is 23.1 Å². The zero-order valence-corrected chi connectivity index (χ0v) is 22.3. The molecule has 2 aromatic heterocycles. The Hall–Kier alpha value is -3.36. The molecule has 188 valence electrons. The molecule has 0 fully saturated rings. The van der Waals surface area contributed by atoms with Crippen molar-refractivity contribution in [3.8, 4) is 0 Å². The van der Waals surface area contributed by atoms with Crippen molar-refractivity contribution in [1.29, 1.82) is 0 Å². The summed E-state index contributed by atoms with van der Waals surface area (Å²) in [4.78, 5) is 29.8. The Morgan fingerprint density at radius 3 is 2.50 bits per heavy atom. The van der Waals surface area contributed by atoms with Crippen molar-refractivity contribution in [1.82, 2.24) is 9.55 Å². The molecule has 0 amide bonds. The number of nitrogens with zero attached hydrogens (tertiary/aromatic N) is 2. The fraction of sp³-hybridized carbons (Fsp3) is 0.321. The summed E-state index contributed by atoms with van der Waals surface area (Å²) < 4.78 is 26.5. The summed E-state index contributed by atoms with van der Waals surface area (Å²) >= 11 is 0. The van der Waals surface area contributed by atoms with Gasteiger partial charge in [0, 0.05) is 36.5 Å². The van der Waals surface area contributed by atoms with Gasteiger partial charge in [-0.05, 0) is 60.5 Å². The SMILES string of the molecule is CC(C)(C)[Si](C)(C)OCCCn1cc(C2=C(/C=C/c3ccc(F)cc3)C(=O)OC2=O)c2cccnc21. The molecular formula is C28H31FN2O4Si. The second-order valence-electron chi connectivity index (χ2n) is 10.4. The average Bonchev–Trinajstić information content (AvgIpc) is 3.31. The fourth-order valence-corrected chi connectivity index (χ4v) is 4.92. The van der Waals surface area contributed by atoms with E-state index in [2.05, 4.69) is 38.8 Å². The summed E-state index contributed by atoms with van der Waals surface area (Å²) in [6, 6.07) is 9.53. The predicted octanol–water partition coefficient (Wildman–Crippen LogP) is 6.14. The van der Waals surface area contributed by atoms with Crippen molar-refractivity contribution in [2.75, 3.05) is 6.61 Å². The van der Waals surface area contributed by atoms with Crippen LogP contribution in [0.5, 0.6) is 0 Å². The van der Waals surface area contributed by atoms with Crippen LogP contribution in [0.1, 0.15) is 38.3 Å². The maximum absolute atomic E-state index is 13.2. The molecule has 0 atom stereocenters. The maximum atomic E-state index is 13.2. The predicted molar refractivity (Wildman–Crippen MR) is 141 cm³/mol. The van der Waals surface area contributed by atoms with Gasteiger partial charge >= 0.3 is 11.9 Å². The third-order valence-corrected chi connectivity index (χ3v) is 11.4. The van der Waals surface area contributed by atoms with Crippen molar-refractivity contribution in [2.24, 2.45) is 0 Å². The molecule has 36 heavy (non-hydrogen) atoms. The van der Waals surface area contributed by atoms with E-state index in [0.717, 1.165) is 17.5 Å². The lowest BCUT2D eigenvalue weighted by Gasteiger charge is -2.36. The number of carbonyl (C=O) groups excluding carboxylic acids is 2. The first kappa shape index (κ1) is 25.7. The van der Waals surface area contributed by atoms with Crippen LogP contribution in [0.15, 0.2) is 60.4 Å². The molecule has 8 heteroatoms. The van der Waals surface area contributed by atoms with E-state index in [1.54, 1.807) is 36.5 Å². The zero-order valence-electron chi connectivity index (χ0n) is 21.3. The van der Waals surface area contributed by atoms with E-state index in [0.29, 0.717) is 24.3 Å². The molecule has 6 nitrogen and oxygen atoms in total. The number of aromatic nitrogens is 2. The van der Waals surface area contributed by atoms with E-state index in [9.17, 15) is 14.0 Å². The lowest BCUT2D eigenvalue weighted by atomic mass is 10.0. The van der Waals surface area contributed by atoms with Crippen LogP contribution in [0.2, 0.25) is 18.1 Å². The Balaban J connectivity index is 1.64. The molecule has 0 saturated carbocycles. The van der Waals surface area contributed by atoms with Crippen LogP contribution < -0.4 is 0 Å². The number of cyclic esters (lactones) is 2. The third-order valence-electron chi connectivity index (χ3n) is 6.91. The second kappa shape index (κ2) is 9.95. The van der Waals surface area contributed by atoms with Crippen molar-refractivity contribution in [3.63, 3.8) is 0 Å². The molecule has 0 spiro atoms. The molecule has 0 aliphatic carbocycles. The number of fused-ring (bicyclic) bond motifs is 1. The first-order valence-electron chi connectivity index (χ1n) is 12.0. The van der Waals surface area contributed by atoms with Gasteiger partial charge in [-0.15, -0.1) is 0 Å². The van der Waals surface area contributed by atoms with Crippen LogP contribution in [0.25, 0.3) is 22.7 Å². The Labute approximate surface area is 211 Å². The van der Waals surface area contributed by atoms with E-state index >= 15 is 0 Å². The van der Waals surface area contributed by atoms with Crippen LogP contribution in [-0.2, 0) is 25.3 Å². The highest BCUT2D eigenvalue weighted by Gasteiger charge is 2.37. The summed E-state index contributed by atoms with van der Waals surface area (Å²) in [7, 11) is -1.84. The monoisotopic (exact) mass is 506 g/mol. The summed E-state index contributed by atoms with van der Waals surface area (Å²) in [6.45, 7) is 12.4. The van der Waals surface area contributed by atoms with Crippen molar-refractivity contribution in [2.45, 2.75) is 51.9 Å². The first-order valence-corrected chi connectivity index (χ1v) is 14.9. The van der Waals surface area contributed by atoms with Gasteiger partial charge in [0.15, 0.2) is 8.32 Å². The van der Waals surface area contributed by atoms with Crippen LogP contribution in [0, 0.1) is 5.82 Å². The highest BCUT2D eigenvalue weighted by atomic mass is 28.4. The van der Waals surface area contributed by atoms with Crippen molar-refractivity contribution in [3.05, 3.63) is 77.4 Å². The van der Waals surface area contributed by atoms with Gasteiger partial charge in [0.05, 0.1) is 11.1 Å². The Morgan fingerprint density at radius 2 is 1.81 bits per heavy atom. The molecule has 0 N–H and O–H groups in total. The van der Waals surface area contributed by atoms with Crippen LogP contribution in [-0.4, -0.2) is 36.4 Å². The molecule has 0 radical (unpaired) electrons. The lowest BCUT2D eigenvalue weighted by Crippen LogP contribution is -2.41. The number of ether oxygens (including phenoxy) is 1. The summed E-state index contributed by atoms with van der Waals surface area (Å²) in [5, 5.41) is 0.902. The second-order valence-corrected chi connectivity index (χ2v) is 15.2. The molecule has 1 aliphatic heterocycles. The minimum absolute atomic E-state index is 0.140. The number of halogens is 1. The summed E-state index contributed by atoms with van der Waals surface area (Å²) in [5.41, 5.74) is 2.38. The van der Waals surface area contributed by atoms with Gasteiger partial charge in [0.1, 0.15) is 11.5 Å². The Morgan fingerprint density at radius 1 is 1.08 bits per heavy atom. The van der Waals surface area contributed by atoms with E-state index in [-0.39, 0.29) is 22.0 Å². The molecule has 0 unspecified atom stereocenters. The number of rotatable bonds is 8. The standard InChI is InChI=1S/C28H31FN2O4Si/c1-28(2,3)36(4,5)34-17-7-16-31-18-23(21-8-6-15-30-25(21)31)24-22(26(32)35-27(24)33)14-11-19-9-12-20(29)13-10-19/h6,8-15,18H,7,16-17H2,1-5H3/b14-11+. The number of pyridine rings is 1. The van der Waals surface area contributed by atoms with Gasteiger partial charge in [-0.3, -0.25) is 0 Å². The highest BCUT2D eigenvalue weighted by Crippen LogP contribution is 2.37. The lowest BCUT2D eigenvalue weighted by molar-refractivity contribution is -0.150. The van der Waals surface area contributed by atoms with E-state index in [4.69, 9.17) is 9.16 Å². The molecule has 4 rings (SSSR count). The normalized spacial score (nSPS) is 14.9. The van der Waals surface area contributed by atoms with Gasteiger partial charge in [0.2, 0.25) is 0 Å². The smallest absolute Gasteiger partial charge is 0.347 e. The van der Waals surface area contributed by atoms with Crippen molar-refractivity contribution >= 4 is 42.9 Å². The molecular weight excluding hydrogens is 475 g/mol. The molecule has 1 aromatic carbocycles. The number of carbonyl (C=O) groups is 2. The van der Waals surface area contributed by atoms with Crippen LogP contribution >= 0.6 is 0 Å². The quantitative estimate of drug-likeness (QED) is 0.159. The molecule has 0 saturated heterocycles. The average molecular weight is 507 g/mol. The van der Waals surface area contributed by atoms with Gasteiger partial charge in [0.25, 0.3) is 0 Å². The summed E-state index contributed by atoms with van der Waals surface area (Å²) in [5.74, 6) is -1.75. The minimum Gasteiger partial charge on any atom is -0.417 e. The van der Waals surface area contributed by atoms with Crippen LogP contribution in [0.4, 0.5) is 4.39 Å². The largest absolute Gasteiger partial charge is 0.417 e. The van der Waals surface area contributed by atoms with Gasteiger partial charge in [-0.2, -0.15) is 0 Å². The third kappa shape index (κ3) is 5.24. The Bertz CT molecular complexity index is 1360. The number of hydrogen-bond donors (Lipinski definition) is 0. The van der Waals surface area contributed by atoms with E-state index in [1.807, 2.05) is 16.8 Å². The first-order chi connectivity index (χ1) is 17.0. The number of benzene rings is 1. The molecule has 0 bridgehead atoms. The summed E-state index contributed by atoms with van der Waals surface area (Å²) in [6.07, 6.45) is 7.54. The molecule has 3 heterocycles. The van der Waals surface area contributed by atoms with E-state index in [1.165, 1.54) is 12.1 Å². The van der Waals surface area contributed by atoms with Gasteiger partial charge in [-0.25, -0.2) is 19.0 Å². The number of aryl methyl sites for hydroxylation is 1. The van der Waals surface area contributed by atoms with Crippen LogP contribution in [0.3, 0.4) is 0 Å². The minimum atomic E-state index is -1.84. The number of hydrogen-bond acceptors (Lipinski definition) is 5. The molecule has 3 aromatic rings. The van der Waals surface area contributed by atoms with Gasteiger partial charge in [-0.1, -0.05) is 39.0 Å². The Kier molecular flexibility index (Phi) is 7.11.